The Labute approximate surface area is 144 Å². The maximum absolute atomic E-state index is 11.1. The molecule has 3 heteroatoms. The van der Waals surface area contributed by atoms with E-state index in [4.69, 9.17) is 0 Å². The Hall–Kier alpha value is -2.13. The molecule has 0 aliphatic carbocycles. The standard InChI is InChI=1S/C21H26O3/c1-16-6-8-18(9-7-16)12-15-20(22)19-13-10-17(11-14-19)4-3-5-21(23)24-2/h6-11,13-14,20,22H,3-5,12,15H2,1-2H3. The average molecular weight is 326 g/mol. The van der Waals surface area contributed by atoms with E-state index in [9.17, 15) is 9.90 Å². The Bertz CT molecular complexity index is 629. The third-order valence-corrected chi connectivity index (χ3v) is 4.27. The van der Waals surface area contributed by atoms with E-state index in [1.54, 1.807) is 0 Å². The fraction of sp³-hybridized carbons (Fsp3) is 0.381. The van der Waals surface area contributed by atoms with Gasteiger partial charge in [0.25, 0.3) is 0 Å². The summed E-state index contributed by atoms with van der Waals surface area (Å²) in [6.07, 6.45) is 3.19. The Morgan fingerprint density at radius 3 is 2.21 bits per heavy atom. The Morgan fingerprint density at radius 2 is 1.58 bits per heavy atom. The summed E-state index contributed by atoms with van der Waals surface area (Å²) in [6, 6.07) is 16.5. The topological polar surface area (TPSA) is 46.5 Å². The molecule has 0 radical (unpaired) electrons. The van der Waals surface area contributed by atoms with Crippen LogP contribution in [0.4, 0.5) is 0 Å². The van der Waals surface area contributed by atoms with Gasteiger partial charge in [-0.05, 0) is 49.3 Å². The van der Waals surface area contributed by atoms with Crippen molar-refractivity contribution in [2.75, 3.05) is 7.11 Å². The maximum atomic E-state index is 11.1. The quantitative estimate of drug-likeness (QED) is 0.741. The molecule has 24 heavy (non-hydrogen) atoms. The van der Waals surface area contributed by atoms with Crippen molar-refractivity contribution in [2.24, 2.45) is 0 Å². The van der Waals surface area contributed by atoms with Gasteiger partial charge in [0.15, 0.2) is 0 Å². The smallest absolute Gasteiger partial charge is 0.305 e. The van der Waals surface area contributed by atoms with Gasteiger partial charge in [-0.3, -0.25) is 4.79 Å². The Kier molecular flexibility index (Phi) is 7.01. The van der Waals surface area contributed by atoms with E-state index in [0.717, 1.165) is 24.8 Å². The minimum Gasteiger partial charge on any atom is -0.469 e. The van der Waals surface area contributed by atoms with Crippen LogP contribution in [0.5, 0.6) is 0 Å². The van der Waals surface area contributed by atoms with Crippen LogP contribution in [0, 0.1) is 6.92 Å². The lowest BCUT2D eigenvalue weighted by Gasteiger charge is -2.12. The summed E-state index contributed by atoms with van der Waals surface area (Å²) in [5, 5.41) is 10.3. The molecule has 0 fully saturated rings. The second kappa shape index (κ2) is 9.24. The van der Waals surface area contributed by atoms with E-state index < -0.39 is 6.10 Å². The van der Waals surface area contributed by atoms with E-state index >= 15 is 0 Å². The summed E-state index contributed by atoms with van der Waals surface area (Å²) in [5.41, 5.74) is 4.62. The second-order valence-electron chi connectivity index (χ2n) is 6.21. The zero-order valence-electron chi connectivity index (χ0n) is 14.5. The summed E-state index contributed by atoms with van der Waals surface area (Å²) >= 11 is 0. The molecule has 2 aromatic rings. The number of carbonyl (C=O) groups is 1. The van der Waals surface area contributed by atoms with Crippen molar-refractivity contribution in [1.29, 1.82) is 0 Å². The largest absolute Gasteiger partial charge is 0.469 e. The Balaban J connectivity index is 1.81. The van der Waals surface area contributed by atoms with Gasteiger partial charge in [-0.2, -0.15) is 0 Å². The number of ether oxygens (including phenoxy) is 1. The van der Waals surface area contributed by atoms with Gasteiger partial charge in [-0.15, -0.1) is 0 Å². The first-order valence-electron chi connectivity index (χ1n) is 8.48. The molecular weight excluding hydrogens is 300 g/mol. The number of hydrogen-bond donors (Lipinski definition) is 1. The van der Waals surface area contributed by atoms with Crippen molar-refractivity contribution < 1.29 is 14.6 Å². The highest BCUT2D eigenvalue weighted by Crippen LogP contribution is 2.20. The molecule has 1 N–H and O–H groups in total. The summed E-state index contributed by atoms with van der Waals surface area (Å²) in [5.74, 6) is -0.168. The molecule has 0 aromatic heterocycles. The molecule has 1 atom stereocenters. The molecule has 0 spiro atoms. The van der Waals surface area contributed by atoms with Gasteiger partial charge in [0.2, 0.25) is 0 Å². The van der Waals surface area contributed by atoms with Gasteiger partial charge < -0.3 is 9.84 Å². The first kappa shape index (κ1) is 18.2. The lowest BCUT2D eigenvalue weighted by molar-refractivity contribution is -0.140. The molecule has 2 aromatic carbocycles. The summed E-state index contributed by atoms with van der Waals surface area (Å²) in [4.78, 5) is 11.1. The molecule has 1 unspecified atom stereocenters. The predicted molar refractivity (Wildman–Crippen MR) is 95.9 cm³/mol. The van der Waals surface area contributed by atoms with Gasteiger partial charge in [-0.1, -0.05) is 54.1 Å². The van der Waals surface area contributed by atoms with Crippen LogP contribution < -0.4 is 0 Å². The molecule has 0 amide bonds. The van der Waals surface area contributed by atoms with Gasteiger partial charge in [0.1, 0.15) is 0 Å². The SMILES string of the molecule is COC(=O)CCCc1ccc(C(O)CCc2ccc(C)cc2)cc1. The van der Waals surface area contributed by atoms with E-state index in [1.165, 1.54) is 23.8 Å². The normalized spacial score (nSPS) is 12.0. The number of benzene rings is 2. The van der Waals surface area contributed by atoms with Gasteiger partial charge >= 0.3 is 5.97 Å². The number of hydrogen-bond acceptors (Lipinski definition) is 3. The first-order chi connectivity index (χ1) is 11.6. The highest BCUT2D eigenvalue weighted by molar-refractivity contribution is 5.69. The van der Waals surface area contributed by atoms with Gasteiger partial charge in [-0.25, -0.2) is 0 Å². The minimum atomic E-state index is -0.449. The van der Waals surface area contributed by atoms with E-state index in [1.807, 2.05) is 24.3 Å². The van der Waals surface area contributed by atoms with Crippen LogP contribution in [0.3, 0.4) is 0 Å². The Morgan fingerprint density at radius 1 is 1.00 bits per heavy atom. The van der Waals surface area contributed by atoms with Crippen molar-refractivity contribution in [1.82, 2.24) is 0 Å². The van der Waals surface area contributed by atoms with Crippen molar-refractivity contribution >= 4 is 5.97 Å². The van der Waals surface area contributed by atoms with Crippen molar-refractivity contribution in [3.05, 3.63) is 70.8 Å². The summed E-state index contributed by atoms with van der Waals surface area (Å²) in [6.45, 7) is 2.07. The van der Waals surface area contributed by atoms with Crippen molar-refractivity contribution in [2.45, 2.75) is 45.1 Å². The maximum Gasteiger partial charge on any atom is 0.305 e. The lowest BCUT2D eigenvalue weighted by atomic mass is 9.99. The van der Waals surface area contributed by atoms with Crippen molar-refractivity contribution in [3.8, 4) is 0 Å². The van der Waals surface area contributed by atoms with E-state index in [2.05, 4.69) is 35.9 Å². The first-order valence-corrected chi connectivity index (χ1v) is 8.48. The van der Waals surface area contributed by atoms with Crippen molar-refractivity contribution in [3.63, 3.8) is 0 Å². The second-order valence-corrected chi connectivity index (χ2v) is 6.21. The van der Waals surface area contributed by atoms with Crippen LogP contribution in [-0.2, 0) is 22.4 Å². The van der Waals surface area contributed by atoms with Gasteiger partial charge in [0, 0.05) is 6.42 Å². The molecule has 0 heterocycles. The lowest BCUT2D eigenvalue weighted by Crippen LogP contribution is -2.01. The zero-order chi connectivity index (χ0) is 17.4. The molecular formula is C21H26O3. The summed E-state index contributed by atoms with van der Waals surface area (Å²) < 4.78 is 4.64. The van der Waals surface area contributed by atoms with Crippen LogP contribution in [0.25, 0.3) is 0 Å². The van der Waals surface area contributed by atoms with Crippen LogP contribution in [0.2, 0.25) is 0 Å². The molecule has 0 aliphatic rings. The third-order valence-electron chi connectivity index (χ3n) is 4.27. The fourth-order valence-corrected chi connectivity index (χ4v) is 2.67. The molecule has 0 saturated heterocycles. The van der Waals surface area contributed by atoms with Crippen LogP contribution in [-0.4, -0.2) is 18.2 Å². The number of aliphatic hydroxyl groups is 1. The molecule has 0 aliphatic heterocycles. The molecule has 0 bridgehead atoms. The number of aryl methyl sites for hydroxylation is 3. The average Bonchev–Trinajstić information content (AvgIpc) is 2.61. The van der Waals surface area contributed by atoms with Crippen LogP contribution in [0.1, 0.15) is 47.6 Å². The number of esters is 1. The minimum absolute atomic E-state index is 0.168. The fourth-order valence-electron chi connectivity index (χ4n) is 2.67. The highest BCUT2D eigenvalue weighted by atomic mass is 16.5. The predicted octanol–water partition coefficient (Wildman–Crippen LogP) is 4.16. The van der Waals surface area contributed by atoms with Gasteiger partial charge in [0.05, 0.1) is 13.2 Å². The highest BCUT2D eigenvalue weighted by Gasteiger charge is 2.08. The zero-order valence-corrected chi connectivity index (χ0v) is 14.5. The van der Waals surface area contributed by atoms with Crippen LogP contribution >= 0.6 is 0 Å². The molecule has 0 saturated carbocycles. The molecule has 2 rings (SSSR count). The third kappa shape index (κ3) is 5.82. The monoisotopic (exact) mass is 326 g/mol. The summed E-state index contributed by atoms with van der Waals surface area (Å²) in [7, 11) is 1.41. The molecule has 3 nitrogen and oxygen atoms in total. The van der Waals surface area contributed by atoms with Crippen LogP contribution in [0.15, 0.2) is 48.5 Å². The number of carbonyl (C=O) groups excluding carboxylic acids is 1. The van der Waals surface area contributed by atoms with E-state index in [-0.39, 0.29) is 5.97 Å². The number of aliphatic hydroxyl groups excluding tert-OH is 1. The number of methoxy groups -OCH3 is 1. The van der Waals surface area contributed by atoms with E-state index in [0.29, 0.717) is 12.8 Å². The molecule has 128 valence electrons. The number of rotatable bonds is 8.